The molecule has 1 unspecified atom stereocenters. The Bertz CT molecular complexity index is 426. The van der Waals surface area contributed by atoms with Gasteiger partial charge in [0.1, 0.15) is 11.4 Å². The summed E-state index contributed by atoms with van der Waals surface area (Å²) in [6.07, 6.45) is 0.420. The molecule has 1 N–H and O–H groups in total. The second-order valence-corrected chi connectivity index (χ2v) is 7.32. The fourth-order valence-corrected chi connectivity index (χ4v) is 2.87. The number of hydrogen-bond acceptors (Lipinski definition) is 5. The van der Waals surface area contributed by atoms with E-state index in [1.165, 1.54) is 0 Å². The lowest BCUT2D eigenvalue weighted by Crippen LogP contribution is -2.47. The lowest BCUT2D eigenvalue weighted by Gasteiger charge is -2.30. The third-order valence-corrected chi connectivity index (χ3v) is 3.67. The van der Waals surface area contributed by atoms with Crippen LogP contribution in [0.2, 0.25) is 0 Å². The molecule has 0 aliphatic carbocycles. The minimum absolute atomic E-state index is 0.137. The first-order valence-corrected chi connectivity index (χ1v) is 8.12. The van der Waals surface area contributed by atoms with Gasteiger partial charge in [-0.15, -0.1) is 3.89 Å². The van der Waals surface area contributed by atoms with E-state index in [-0.39, 0.29) is 5.92 Å². The minimum atomic E-state index is -4.67. The molecule has 118 valence electrons. The van der Waals surface area contributed by atoms with Crippen LogP contribution in [0.1, 0.15) is 33.6 Å². The van der Waals surface area contributed by atoms with Crippen molar-refractivity contribution in [3.63, 3.8) is 0 Å². The zero-order valence-corrected chi connectivity index (χ0v) is 12.8. The molecule has 1 aliphatic rings. The predicted octanol–water partition coefficient (Wildman–Crippen LogP) is 1.61. The standard InChI is InChI=1S/C12H22FNO5S/c1-12(2,3)19-11(15)14-10(8-20(13,16)17)9-4-6-18-7-5-9/h9-10H,4-8H2,1-3H3,(H,14,15). The van der Waals surface area contributed by atoms with E-state index in [0.29, 0.717) is 26.1 Å². The molecule has 0 aromatic rings. The highest BCUT2D eigenvalue weighted by Gasteiger charge is 2.31. The molecule has 1 atom stereocenters. The average Bonchev–Trinajstić information content (AvgIpc) is 2.25. The molecule has 8 heteroatoms. The first kappa shape index (κ1) is 17.2. The fraction of sp³-hybridized carbons (Fsp3) is 0.917. The molecule has 0 aromatic heterocycles. The third kappa shape index (κ3) is 7.04. The second kappa shape index (κ2) is 6.71. The summed E-state index contributed by atoms with van der Waals surface area (Å²) < 4.78 is 44.9. The highest BCUT2D eigenvalue weighted by molar-refractivity contribution is 7.86. The van der Waals surface area contributed by atoms with Crippen LogP contribution in [-0.2, 0) is 19.7 Å². The summed E-state index contributed by atoms with van der Waals surface area (Å²) in [6.45, 7) is 6.04. The van der Waals surface area contributed by atoms with Crippen molar-refractivity contribution in [1.82, 2.24) is 5.32 Å². The van der Waals surface area contributed by atoms with Crippen LogP contribution >= 0.6 is 0 Å². The average molecular weight is 311 g/mol. The Kier molecular flexibility index (Phi) is 5.76. The summed E-state index contributed by atoms with van der Waals surface area (Å²) in [5, 5.41) is 2.46. The van der Waals surface area contributed by atoms with Crippen LogP contribution in [-0.4, -0.2) is 45.1 Å². The van der Waals surface area contributed by atoms with Crippen LogP contribution in [0.25, 0.3) is 0 Å². The molecule has 0 bridgehead atoms. The molecule has 0 radical (unpaired) electrons. The van der Waals surface area contributed by atoms with Crippen LogP contribution in [0.15, 0.2) is 0 Å². The molecular weight excluding hydrogens is 289 g/mol. The first-order valence-electron chi connectivity index (χ1n) is 6.56. The zero-order valence-electron chi connectivity index (χ0n) is 12.0. The van der Waals surface area contributed by atoms with E-state index in [2.05, 4.69) is 5.32 Å². The van der Waals surface area contributed by atoms with E-state index in [4.69, 9.17) is 9.47 Å². The Morgan fingerprint density at radius 3 is 2.40 bits per heavy atom. The maximum absolute atomic E-state index is 12.9. The molecule has 1 amide bonds. The van der Waals surface area contributed by atoms with Gasteiger partial charge in [0.2, 0.25) is 0 Å². The molecule has 1 saturated heterocycles. The molecule has 0 spiro atoms. The van der Waals surface area contributed by atoms with Gasteiger partial charge in [0, 0.05) is 13.2 Å². The van der Waals surface area contributed by atoms with Crippen molar-refractivity contribution in [1.29, 1.82) is 0 Å². The topological polar surface area (TPSA) is 81.7 Å². The summed E-state index contributed by atoms with van der Waals surface area (Å²) in [5.41, 5.74) is -0.696. The number of alkyl carbamates (subject to hydrolysis) is 1. The van der Waals surface area contributed by atoms with E-state index in [9.17, 15) is 17.1 Å². The Morgan fingerprint density at radius 2 is 1.95 bits per heavy atom. The van der Waals surface area contributed by atoms with Gasteiger partial charge in [-0.3, -0.25) is 0 Å². The Balaban J connectivity index is 2.69. The van der Waals surface area contributed by atoms with Crippen LogP contribution in [0.3, 0.4) is 0 Å². The third-order valence-electron chi connectivity index (χ3n) is 2.92. The molecule has 6 nitrogen and oxygen atoms in total. The van der Waals surface area contributed by atoms with Gasteiger partial charge in [0.15, 0.2) is 0 Å². The Hall–Kier alpha value is -0.890. The molecule has 0 saturated carbocycles. The molecular formula is C12H22FNO5S. The summed E-state index contributed by atoms with van der Waals surface area (Å²) in [7, 11) is -4.67. The highest BCUT2D eigenvalue weighted by atomic mass is 32.3. The molecule has 1 aliphatic heterocycles. The summed E-state index contributed by atoms with van der Waals surface area (Å²) in [4.78, 5) is 11.7. The lowest BCUT2D eigenvalue weighted by molar-refractivity contribution is 0.0373. The smallest absolute Gasteiger partial charge is 0.407 e. The van der Waals surface area contributed by atoms with Crippen LogP contribution in [0.4, 0.5) is 8.68 Å². The Labute approximate surface area is 119 Å². The zero-order chi connectivity index (χ0) is 15.4. The van der Waals surface area contributed by atoms with Crippen molar-refractivity contribution in [3.8, 4) is 0 Å². The number of ether oxygens (including phenoxy) is 2. The van der Waals surface area contributed by atoms with Gasteiger partial charge in [0.05, 0.1) is 6.04 Å². The first-order chi connectivity index (χ1) is 9.07. The van der Waals surface area contributed by atoms with Crippen molar-refractivity contribution in [2.24, 2.45) is 5.92 Å². The monoisotopic (exact) mass is 311 g/mol. The van der Waals surface area contributed by atoms with Crippen molar-refractivity contribution in [3.05, 3.63) is 0 Å². The maximum atomic E-state index is 12.9. The highest BCUT2D eigenvalue weighted by Crippen LogP contribution is 2.21. The largest absolute Gasteiger partial charge is 0.444 e. The van der Waals surface area contributed by atoms with Gasteiger partial charge in [-0.2, -0.15) is 8.42 Å². The number of nitrogens with one attached hydrogen (secondary N) is 1. The van der Waals surface area contributed by atoms with E-state index in [0.717, 1.165) is 0 Å². The van der Waals surface area contributed by atoms with E-state index in [1.807, 2.05) is 0 Å². The van der Waals surface area contributed by atoms with E-state index < -0.39 is 33.7 Å². The van der Waals surface area contributed by atoms with Crippen LogP contribution < -0.4 is 5.32 Å². The van der Waals surface area contributed by atoms with Gasteiger partial charge in [-0.05, 0) is 39.5 Å². The quantitative estimate of drug-likeness (QED) is 0.798. The van der Waals surface area contributed by atoms with Crippen LogP contribution in [0, 0.1) is 5.92 Å². The predicted molar refractivity (Wildman–Crippen MR) is 71.6 cm³/mol. The number of hydrogen-bond donors (Lipinski definition) is 1. The maximum Gasteiger partial charge on any atom is 0.407 e. The van der Waals surface area contributed by atoms with Crippen molar-refractivity contribution < 1.29 is 26.6 Å². The summed E-state index contributed by atoms with van der Waals surface area (Å²) in [6, 6.07) is -0.802. The summed E-state index contributed by atoms with van der Waals surface area (Å²) >= 11 is 0. The van der Waals surface area contributed by atoms with E-state index in [1.54, 1.807) is 20.8 Å². The van der Waals surface area contributed by atoms with Crippen molar-refractivity contribution in [2.45, 2.75) is 45.3 Å². The Morgan fingerprint density at radius 1 is 1.40 bits per heavy atom. The van der Waals surface area contributed by atoms with Crippen molar-refractivity contribution in [2.75, 3.05) is 19.0 Å². The fourth-order valence-electron chi connectivity index (χ4n) is 2.09. The minimum Gasteiger partial charge on any atom is -0.444 e. The summed E-state index contributed by atoms with van der Waals surface area (Å²) in [5.74, 6) is -0.876. The van der Waals surface area contributed by atoms with Gasteiger partial charge < -0.3 is 14.8 Å². The van der Waals surface area contributed by atoms with Crippen molar-refractivity contribution >= 4 is 16.3 Å². The second-order valence-electron chi connectivity index (χ2n) is 5.91. The number of halogens is 1. The van der Waals surface area contributed by atoms with Gasteiger partial charge in [-0.25, -0.2) is 4.79 Å². The molecule has 20 heavy (non-hydrogen) atoms. The molecule has 0 aromatic carbocycles. The number of rotatable bonds is 4. The number of carbonyl (C=O) groups excluding carboxylic acids is 1. The normalized spacial score (nSPS) is 19.4. The van der Waals surface area contributed by atoms with Gasteiger partial charge in [-0.1, -0.05) is 0 Å². The SMILES string of the molecule is CC(C)(C)OC(=O)NC(CS(=O)(=O)F)C1CCOCC1. The molecule has 1 heterocycles. The lowest BCUT2D eigenvalue weighted by atomic mass is 9.93. The van der Waals surface area contributed by atoms with Gasteiger partial charge >= 0.3 is 16.3 Å². The van der Waals surface area contributed by atoms with Gasteiger partial charge in [0.25, 0.3) is 0 Å². The van der Waals surface area contributed by atoms with E-state index >= 15 is 0 Å². The number of carbonyl (C=O) groups is 1. The molecule has 1 rings (SSSR count). The molecule has 1 fully saturated rings. The number of amides is 1. The van der Waals surface area contributed by atoms with Crippen LogP contribution in [0.5, 0.6) is 0 Å².